The molecule has 150 valence electrons. The Kier molecular flexibility index (Phi) is 7.04. The fourth-order valence-corrected chi connectivity index (χ4v) is 3.36. The molecule has 3 rings (SSSR count). The summed E-state index contributed by atoms with van der Waals surface area (Å²) in [5, 5.41) is 0. The van der Waals surface area contributed by atoms with E-state index < -0.39 is 5.82 Å². The zero-order valence-electron chi connectivity index (χ0n) is 16.8. The molecule has 0 fully saturated rings. The molecule has 0 saturated carbocycles. The number of benzene rings is 3. The number of halogens is 1. The van der Waals surface area contributed by atoms with Gasteiger partial charge in [-0.3, -0.25) is 0 Å². The summed E-state index contributed by atoms with van der Waals surface area (Å²) >= 11 is 0. The van der Waals surface area contributed by atoms with Crippen LogP contribution in [0.25, 0.3) is 11.1 Å². The van der Waals surface area contributed by atoms with Gasteiger partial charge in [-0.05, 0) is 29.5 Å². The fourth-order valence-electron chi connectivity index (χ4n) is 3.36. The van der Waals surface area contributed by atoms with E-state index >= 15 is 0 Å². The van der Waals surface area contributed by atoms with Crippen LogP contribution in [0, 0.1) is 5.82 Å². The third kappa shape index (κ3) is 5.24. The number of nitrogens with two attached hydrogens (primary N) is 1. The number of ether oxygens (including phenoxy) is 2. The molecular formula is C25H26FNO2. The zero-order valence-corrected chi connectivity index (χ0v) is 16.8. The smallest absolute Gasteiger partial charge is 0.130 e. The molecule has 3 aromatic rings. The van der Waals surface area contributed by atoms with Crippen molar-refractivity contribution in [3.63, 3.8) is 0 Å². The molecular weight excluding hydrogens is 365 g/mol. The highest BCUT2D eigenvalue weighted by Crippen LogP contribution is 2.35. The van der Waals surface area contributed by atoms with Gasteiger partial charge in [-0.15, -0.1) is 0 Å². The summed E-state index contributed by atoms with van der Waals surface area (Å²) in [6.07, 6.45) is 5.55. The quantitative estimate of drug-likeness (QED) is 0.501. The summed E-state index contributed by atoms with van der Waals surface area (Å²) < 4.78 is 24.3. The normalized spacial score (nSPS) is 12.1. The van der Waals surface area contributed by atoms with Crippen molar-refractivity contribution in [3.05, 3.63) is 95.8 Å². The van der Waals surface area contributed by atoms with Gasteiger partial charge in [-0.2, -0.15) is 0 Å². The Bertz CT molecular complexity index is 945. The maximum absolute atomic E-state index is 13.7. The highest BCUT2D eigenvalue weighted by atomic mass is 19.1. The van der Waals surface area contributed by atoms with Gasteiger partial charge in [0, 0.05) is 18.2 Å². The van der Waals surface area contributed by atoms with Gasteiger partial charge < -0.3 is 15.2 Å². The van der Waals surface area contributed by atoms with E-state index in [9.17, 15) is 4.39 Å². The van der Waals surface area contributed by atoms with E-state index in [0.717, 1.165) is 6.42 Å². The lowest BCUT2D eigenvalue weighted by atomic mass is 10.00. The Hall–Kier alpha value is -3.11. The summed E-state index contributed by atoms with van der Waals surface area (Å²) in [5.74, 6) is 0.389. The van der Waals surface area contributed by atoms with Crippen molar-refractivity contribution >= 4 is 0 Å². The van der Waals surface area contributed by atoms with Crippen LogP contribution in [-0.4, -0.2) is 14.2 Å². The van der Waals surface area contributed by atoms with Crippen molar-refractivity contribution < 1.29 is 13.9 Å². The van der Waals surface area contributed by atoms with Crippen LogP contribution in [0.2, 0.25) is 0 Å². The molecule has 0 aliphatic heterocycles. The molecule has 3 aromatic carbocycles. The van der Waals surface area contributed by atoms with Crippen LogP contribution < -0.4 is 15.2 Å². The molecule has 0 bridgehead atoms. The van der Waals surface area contributed by atoms with Gasteiger partial charge >= 0.3 is 0 Å². The largest absolute Gasteiger partial charge is 0.496 e. The van der Waals surface area contributed by atoms with Gasteiger partial charge in [0.1, 0.15) is 17.3 Å². The maximum Gasteiger partial charge on any atom is 0.130 e. The van der Waals surface area contributed by atoms with Crippen molar-refractivity contribution in [1.29, 1.82) is 0 Å². The Morgan fingerprint density at radius 3 is 2.17 bits per heavy atom. The lowest BCUT2D eigenvalue weighted by Crippen LogP contribution is -2.12. The first kappa shape index (κ1) is 20.6. The molecule has 0 aromatic heterocycles. The van der Waals surface area contributed by atoms with E-state index in [2.05, 4.69) is 42.5 Å². The van der Waals surface area contributed by atoms with Crippen LogP contribution in [0.1, 0.15) is 23.6 Å². The van der Waals surface area contributed by atoms with Crippen molar-refractivity contribution in [2.75, 3.05) is 14.2 Å². The number of allylic oxidation sites excluding steroid dienone is 1. The fraction of sp³-hybridized carbons (Fsp3) is 0.200. The summed E-state index contributed by atoms with van der Waals surface area (Å²) in [4.78, 5) is 0. The molecule has 2 N–H and O–H groups in total. The highest BCUT2D eigenvalue weighted by Gasteiger charge is 2.18. The van der Waals surface area contributed by atoms with E-state index in [1.54, 1.807) is 0 Å². The molecule has 1 atom stereocenters. The van der Waals surface area contributed by atoms with Crippen LogP contribution in [-0.2, 0) is 6.42 Å². The third-order valence-corrected chi connectivity index (χ3v) is 4.82. The minimum Gasteiger partial charge on any atom is -0.496 e. The molecule has 0 saturated heterocycles. The van der Waals surface area contributed by atoms with Crippen LogP contribution >= 0.6 is 0 Å². The Morgan fingerprint density at radius 1 is 0.862 bits per heavy atom. The molecule has 0 aliphatic carbocycles. The summed E-state index contributed by atoms with van der Waals surface area (Å²) in [6.45, 7) is 0. The monoisotopic (exact) mass is 391 g/mol. The summed E-state index contributed by atoms with van der Waals surface area (Å²) in [5.41, 5.74) is 10.7. The van der Waals surface area contributed by atoms with Gasteiger partial charge in [-0.25, -0.2) is 4.39 Å². The van der Waals surface area contributed by atoms with Crippen molar-refractivity contribution in [2.24, 2.45) is 5.73 Å². The molecule has 29 heavy (non-hydrogen) atoms. The average Bonchev–Trinajstić information content (AvgIpc) is 2.76. The topological polar surface area (TPSA) is 44.5 Å². The lowest BCUT2D eigenvalue weighted by molar-refractivity contribution is 0.373. The molecule has 1 unspecified atom stereocenters. The van der Waals surface area contributed by atoms with E-state index in [-0.39, 0.29) is 6.04 Å². The Labute approximate surface area is 171 Å². The Morgan fingerprint density at radius 2 is 1.52 bits per heavy atom. The van der Waals surface area contributed by atoms with Crippen molar-refractivity contribution in [1.82, 2.24) is 0 Å². The van der Waals surface area contributed by atoms with Crippen LogP contribution in [0.3, 0.4) is 0 Å². The minimum atomic E-state index is -0.413. The summed E-state index contributed by atoms with van der Waals surface area (Å²) in [6, 6.07) is 21.1. The molecule has 0 heterocycles. The maximum atomic E-state index is 13.7. The van der Waals surface area contributed by atoms with E-state index in [0.29, 0.717) is 23.5 Å². The average molecular weight is 391 g/mol. The molecule has 0 radical (unpaired) electrons. The lowest BCUT2D eigenvalue weighted by Gasteiger charge is -2.18. The molecule has 3 nitrogen and oxygen atoms in total. The van der Waals surface area contributed by atoms with Crippen molar-refractivity contribution in [2.45, 2.75) is 18.9 Å². The first-order chi connectivity index (χ1) is 14.1. The highest BCUT2D eigenvalue weighted by molar-refractivity contribution is 5.64. The van der Waals surface area contributed by atoms with E-state index in [4.69, 9.17) is 15.2 Å². The van der Waals surface area contributed by atoms with Gasteiger partial charge in [0.05, 0.1) is 19.8 Å². The van der Waals surface area contributed by atoms with Gasteiger partial charge in [0.25, 0.3) is 0 Å². The second kappa shape index (κ2) is 9.89. The summed E-state index contributed by atoms with van der Waals surface area (Å²) in [7, 11) is 3.00. The number of rotatable bonds is 8. The van der Waals surface area contributed by atoms with E-state index in [1.165, 1.54) is 43.0 Å². The predicted molar refractivity (Wildman–Crippen MR) is 116 cm³/mol. The number of hydrogen-bond donors (Lipinski definition) is 1. The van der Waals surface area contributed by atoms with Crippen LogP contribution in [0.4, 0.5) is 4.39 Å². The third-order valence-electron chi connectivity index (χ3n) is 4.82. The first-order valence-corrected chi connectivity index (χ1v) is 9.58. The van der Waals surface area contributed by atoms with Gasteiger partial charge in [-0.1, -0.05) is 66.7 Å². The number of methoxy groups -OCH3 is 2. The first-order valence-electron chi connectivity index (χ1n) is 9.58. The SMILES string of the molecule is COc1cc(F)cc(OC)c1C(N)CC=CCc1cccc(-c2ccccc2)c1. The van der Waals surface area contributed by atoms with Crippen molar-refractivity contribution in [3.8, 4) is 22.6 Å². The second-order valence-corrected chi connectivity index (χ2v) is 6.81. The van der Waals surface area contributed by atoms with Gasteiger partial charge in [0.2, 0.25) is 0 Å². The minimum absolute atomic E-state index is 0.354. The molecule has 0 amide bonds. The van der Waals surface area contributed by atoms with Crippen LogP contribution in [0.5, 0.6) is 11.5 Å². The second-order valence-electron chi connectivity index (χ2n) is 6.81. The standard InChI is InChI=1S/C25H26FNO2/c1-28-23-16-21(26)17-24(29-2)25(23)22(27)14-7-6-9-18-10-8-13-20(15-18)19-11-4-3-5-12-19/h3-8,10-13,15-17,22H,9,14,27H2,1-2H3. The van der Waals surface area contributed by atoms with E-state index in [1.807, 2.05) is 24.3 Å². The van der Waals surface area contributed by atoms with Crippen LogP contribution in [0.15, 0.2) is 78.9 Å². The van der Waals surface area contributed by atoms with Gasteiger partial charge in [0.15, 0.2) is 0 Å². The number of hydrogen-bond acceptors (Lipinski definition) is 3. The molecule has 4 heteroatoms. The molecule has 0 spiro atoms. The Balaban J connectivity index is 1.67. The molecule has 0 aliphatic rings. The zero-order chi connectivity index (χ0) is 20.6. The predicted octanol–water partition coefficient (Wildman–Crippen LogP) is 5.70.